The molecule has 2 saturated heterocycles. The number of pyridine rings is 1. The van der Waals surface area contributed by atoms with Crippen LogP contribution in [0.2, 0.25) is 0 Å². The number of nitrogens with one attached hydrogen (secondary N) is 2. The predicted molar refractivity (Wildman–Crippen MR) is 124 cm³/mol. The van der Waals surface area contributed by atoms with Gasteiger partial charge in [-0.2, -0.15) is 0 Å². The summed E-state index contributed by atoms with van der Waals surface area (Å²) in [5.41, 5.74) is 0. The van der Waals surface area contributed by atoms with Gasteiger partial charge in [-0.15, -0.1) is 24.0 Å². The number of halogens is 2. The molecule has 2 atom stereocenters. The van der Waals surface area contributed by atoms with Crippen molar-refractivity contribution in [2.75, 3.05) is 44.7 Å². The molecule has 3 rings (SSSR count). The number of likely N-dealkylation sites (tertiary alicyclic amines) is 1. The van der Waals surface area contributed by atoms with Gasteiger partial charge in [-0.3, -0.25) is 9.89 Å². The molecule has 1 aromatic rings. The van der Waals surface area contributed by atoms with Gasteiger partial charge in [0.15, 0.2) is 17.6 Å². The quantitative estimate of drug-likeness (QED) is 0.355. The Morgan fingerprint density at radius 3 is 2.71 bits per heavy atom. The van der Waals surface area contributed by atoms with Gasteiger partial charge in [-0.25, -0.2) is 9.37 Å². The lowest BCUT2D eigenvalue weighted by Crippen LogP contribution is -2.50. The third-order valence-electron chi connectivity index (χ3n) is 5.65. The zero-order valence-electron chi connectivity index (χ0n) is 17.2. The number of nitrogens with zero attached hydrogens (tertiary/aromatic N) is 4. The van der Waals surface area contributed by atoms with Gasteiger partial charge in [0.1, 0.15) is 0 Å². The van der Waals surface area contributed by atoms with Crippen molar-refractivity contribution in [2.45, 2.75) is 45.2 Å². The number of hydrogen-bond acceptors (Lipinski definition) is 4. The Bertz CT molecular complexity index is 635. The van der Waals surface area contributed by atoms with E-state index in [9.17, 15) is 4.39 Å². The Labute approximate surface area is 185 Å². The van der Waals surface area contributed by atoms with Crippen LogP contribution in [0.3, 0.4) is 0 Å². The molecule has 28 heavy (non-hydrogen) atoms. The second kappa shape index (κ2) is 11.1. The van der Waals surface area contributed by atoms with Crippen molar-refractivity contribution in [3.63, 3.8) is 0 Å². The molecule has 2 fully saturated rings. The number of guanidine groups is 1. The summed E-state index contributed by atoms with van der Waals surface area (Å²) in [4.78, 5) is 13.2. The van der Waals surface area contributed by atoms with Crippen molar-refractivity contribution in [2.24, 2.45) is 10.9 Å². The predicted octanol–water partition coefficient (Wildman–Crippen LogP) is 2.70. The zero-order valence-corrected chi connectivity index (χ0v) is 19.5. The summed E-state index contributed by atoms with van der Waals surface area (Å²) < 4.78 is 14.0. The van der Waals surface area contributed by atoms with Crippen molar-refractivity contribution < 1.29 is 4.39 Å². The molecule has 0 aromatic carbocycles. The first-order valence-electron chi connectivity index (χ1n) is 10.1. The van der Waals surface area contributed by atoms with Gasteiger partial charge in [0.05, 0.1) is 0 Å². The molecular weight excluding hydrogens is 470 g/mol. The fourth-order valence-electron chi connectivity index (χ4n) is 4.13. The van der Waals surface area contributed by atoms with E-state index in [-0.39, 0.29) is 35.8 Å². The van der Waals surface area contributed by atoms with Crippen LogP contribution in [-0.2, 0) is 0 Å². The second-order valence-electron chi connectivity index (χ2n) is 7.89. The van der Waals surface area contributed by atoms with E-state index in [2.05, 4.69) is 39.4 Å². The highest BCUT2D eigenvalue weighted by atomic mass is 127. The molecule has 0 bridgehead atoms. The summed E-state index contributed by atoms with van der Waals surface area (Å²) in [6.07, 6.45) is 5.19. The molecule has 6 nitrogen and oxygen atoms in total. The minimum absolute atomic E-state index is 0. The number of rotatable bonds is 6. The SMILES string of the molecule is CN=C(NCC(C(C)C)N1CCCC1)NC1CCN(c2ncccc2F)C1.I. The summed E-state index contributed by atoms with van der Waals surface area (Å²) in [6.45, 7) is 9.39. The lowest BCUT2D eigenvalue weighted by Gasteiger charge is -2.31. The highest BCUT2D eigenvalue weighted by molar-refractivity contribution is 14.0. The van der Waals surface area contributed by atoms with Crippen LogP contribution in [0, 0.1) is 11.7 Å². The molecule has 3 heterocycles. The number of aliphatic imine (C=N–C) groups is 1. The molecule has 0 saturated carbocycles. The van der Waals surface area contributed by atoms with Crippen LogP contribution in [0.15, 0.2) is 23.3 Å². The highest BCUT2D eigenvalue weighted by Crippen LogP contribution is 2.21. The first kappa shape index (κ1) is 23.1. The first-order chi connectivity index (χ1) is 13.1. The Morgan fingerprint density at radius 1 is 1.32 bits per heavy atom. The monoisotopic (exact) mass is 504 g/mol. The average Bonchev–Trinajstić information content (AvgIpc) is 3.33. The second-order valence-corrected chi connectivity index (χ2v) is 7.89. The van der Waals surface area contributed by atoms with E-state index >= 15 is 0 Å². The highest BCUT2D eigenvalue weighted by Gasteiger charge is 2.27. The summed E-state index contributed by atoms with van der Waals surface area (Å²) in [5.74, 6) is 1.61. The molecule has 2 aliphatic heterocycles. The zero-order chi connectivity index (χ0) is 19.2. The standard InChI is InChI=1S/C20H33FN6.HI/c1-15(2)18(26-10-4-5-11-26)13-24-20(22-3)25-16-8-12-27(14-16)19-17(21)7-6-9-23-19;/h6-7,9,15-16,18H,4-5,8,10-14H2,1-3H3,(H2,22,24,25);1H. The van der Waals surface area contributed by atoms with Crippen molar-refractivity contribution in [1.82, 2.24) is 20.5 Å². The van der Waals surface area contributed by atoms with Crippen LogP contribution in [0.4, 0.5) is 10.2 Å². The third kappa shape index (κ3) is 5.92. The molecule has 0 spiro atoms. The van der Waals surface area contributed by atoms with Crippen LogP contribution in [0.1, 0.15) is 33.1 Å². The molecule has 0 aliphatic carbocycles. The van der Waals surface area contributed by atoms with Gasteiger partial charge in [0.2, 0.25) is 0 Å². The van der Waals surface area contributed by atoms with Crippen molar-refractivity contribution >= 4 is 35.8 Å². The normalized spacial score (nSPS) is 21.7. The van der Waals surface area contributed by atoms with E-state index in [1.54, 1.807) is 19.3 Å². The Hall–Kier alpha value is -1.16. The van der Waals surface area contributed by atoms with E-state index in [4.69, 9.17) is 0 Å². The van der Waals surface area contributed by atoms with Gasteiger partial charge < -0.3 is 15.5 Å². The molecule has 1 aromatic heterocycles. The van der Waals surface area contributed by atoms with Gasteiger partial charge in [-0.1, -0.05) is 13.8 Å². The van der Waals surface area contributed by atoms with Crippen LogP contribution in [-0.4, -0.2) is 67.7 Å². The van der Waals surface area contributed by atoms with Crippen molar-refractivity contribution in [3.05, 3.63) is 24.1 Å². The van der Waals surface area contributed by atoms with Crippen LogP contribution in [0.5, 0.6) is 0 Å². The fourth-order valence-corrected chi connectivity index (χ4v) is 4.13. The van der Waals surface area contributed by atoms with E-state index in [0.29, 0.717) is 17.8 Å². The molecule has 2 aliphatic rings. The average molecular weight is 504 g/mol. The first-order valence-corrected chi connectivity index (χ1v) is 10.1. The number of anilines is 1. The maximum absolute atomic E-state index is 14.0. The summed E-state index contributed by atoms with van der Waals surface area (Å²) >= 11 is 0. The molecule has 2 N–H and O–H groups in total. The van der Waals surface area contributed by atoms with Crippen LogP contribution < -0.4 is 15.5 Å². The maximum Gasteiger partial charge on any atom is 0.191 e. The number of aromatic nitrogens is 1. The van der Waals surface area contributed by atoms with E-state index in [1.165, 1.54) is 32.0 Å². The Balaban J connectivity index is 0.00000280. The van der Waals surface area contributed by atoms with E-state index in [1.807, 2.05) is 4.90 Å². The van der Waals surface area contributed by atoms with Gasteiger partial charge in [0, 0.05) is 45.0 Å². The van der Waals surface area contributed by atoms with E-state index in [0.717, 1.165) is 32.0 Å². The lowest BCUT2D eigenvalue weighted by molar-refractivity contribution is 0.192. The topological polar surface area (TPSA) is 55.8 Å². The Morgan fingerprint density at radius 2 is 2.07 bits per heavy atom. The largest absolute Gasteiger partial charge is 0.355 e. The molecular formula is C20H34FIN6. The smallest absolute Gasteiger partial charge is 0.191 e. The fraction of sp³-hybridized carbons (Fsp3) is 0.700. The maximum atomic E-state index is 14.0. The van der Waals surface area contributed by atoms with Crippen LogP contribution >= 0.6 is 24.0 Å². The molecule has 158 valence electrons. The Kier molecular flexibility index (Phi) is 9.20. The van der Waals surface area contributed by atoms with Crippen LogP contribution in [0.25, 0.3) is 0 Å². The lowest BCUT2D eigenvalue weighted by atomic mass is 10.0. The molecule has 0 amide bonds. The summed E-state index contributed by atoms with van der Waals surface area (Å²) in [6, 6.07) is 3.85. The van der Waals surface area contributed by atoms with Gasteiger partial charge >= 0.3 is 0 Å². The minimum atomic E-state index is -0.258. The number of hydrogen-bond donors (Lipinski definition) is 2. The summed E-state index contributed by atoms with van der Waals surface area (Å²) in [5, 5.41) is 7.01. The minimum Gasteiger partial charge on any atom is -0.355 e. The summed E-state index contributed by atoms with van der Waals surface area (Å²) in [7, 11) is 1.81. The molecule has 2 unspecified atom stereocenters. The van der Waals surface area contributed by atoms with Gasteiger partial charge in [-0.05, 0) is 50.4 Å². The van der Waals surface area contributed by atoms with E-state index < -0.39 is 0 Å². The van der Waals surface area contributed by atoms with Crippen molar-refractivity contribution in [3.8, 4) is 0 Å². The third-order valence-corrected chi connectivity index (χ3v) is 5.65. The van der Waals surface area contributed by atoms with Gasteiger partial charge in [0.25, 0.3) is 0 Å². The molecule has 8 heteroatoms. The molecule has 0 radical (unpaired) electrons. The van der Waals surface area contributed by atoms with Crippen molar-refractivity contribution in [1.29, 1.82) is 0 Å².